The van der Waals surface area contributed by atoms with Gasteiger partial charge in [-0.3, -0.25) is 4.99 Å². The minimum absolute atomic E-state index is 0.710. The summed E-state index contributed by atoms with van der Waals surface area (Å²) in [5.41, 5.74) is 2.56. The molecule has 23 heavy (non-hydrogen) atoms. The highest BCUT2D eigenvalue weighted by Crippen LogP contribution is 2.17. The molecule has 1 aromatic rings. The summed E-state index contributed by atoms with van der Waals surface area (Å²) in [6.45, 7) is 8.29. The summed E-state index contributed by atoms with van der Waals surface area (Å²) in [5.74, 6) is 1.59. The number of aliphatic imine (C=N–C) groups is 1. The Morgan fingerprint density at radius 2 is 1.74 bits per heavy atom. The Kier molecular flexibility index (Phi) is 6.98. The van der Waals surface area contributed by atoms with Crippen molar-refractivity contribution in [2.75, 3.05) is 31.6 Å². The average molecular weight is 314 g/mol. The molecule has 0 saturated heterocycles. The lowest BCUT2D eigenvalue weighted by Gasteiger charge is -2.18. The first kappa shape index (κ1) is 17.4. The molecule has 0 radical (unpaired) electrons. The van der Waals surface area contributed by atoms with Gasteiger partial charge in [0.25, 0.3) is 0 Å². The molecular formula is C19H30N4. The van der Waals surface area contributed by atoms with Crippen molar-refractivity contribution in [2.24, 2.45) is 10.9 Å². The molecule has 1 aromatic carbocycles. The van der Waals surface area contributed by atoms with Gasteiger partial charge in [0.15, 0.2) is 5.96 Å². The third-order valence-electron chi connectivity index (χ3n) is 4.52. The van der Waals surface area contributed by atoms with E-state index in [0.29, 0.717) is 5.92 Å². The zero-order chi connectivity index (χ0) is 16.5. The van der Waals surface area contributed by atoms with E-state index in [2.05, 4.69) is 70.8 Å². The van der Waals surface area contributed by atoms with Crippen LogP contribution in [0.1, 0.15) is 32.3 Å². The molecule has 1 heterocycles. The van der Waals surface area contributed by atoms with Crippen LogP contribution < -0.4 is 15.5 Å². The number of hydrogen-bond acceptors (Lipinski definition) is 2. The van der Waals surface area contributed by atoms with Gasteiger partial charge in [-0.05, 0) is 23.6 Å². The lowest BCUT2D eigenvalue weighted by Crippen LogP contribution is -2.39. The van der Waals surface area contributed by atoms with E-state index in [4.69, 9.17) is 0 Å². The minimum atomic E-state index is 0.710. The van der Waals surface area contributed by atoms with E-state index in [1.165, 1.54) is 24.1 Å². The zero-order valence-electron chi connectivity index (χ0n) is 14.7. The second-order valence-electron chi connectivity index (χ2n) is 6.03. The van der Waals surface area contributed by atoms with Gasteiger partial charge in [0.2, 0.25) is 0 Å². The molecule has 0 fully saturated rings. The van der Waals surface area contributed by atoms with Crippen molar-refractivity contribution in [3.8, 4) is 0 Å². The molecule has 126 valence electrons. The van der Waals surface area contributed by atoms with Crippen LogP contribution in [0.4, 0.5) is 5.69 Å². The van der Waals surface area contributed by atoms with Crippen LogP contribution >= 0.6 is 0 Å². The summed E-state index contributed by atoms with van der Waals surface area (Å²) in [5, 5.41) is 6.81. The van der Waals surface area contributed by atoms with E-state index in [0.717, 1.165) is 32.1 Å². The van der Waals surface area contributed by atoms with Crippen molar-refractivity contribution in [1.82, 2.24) is 10.6 Å². The molecule has 1 aliphatic rings. The van der Waals surface area contributed by atoms with Gasteiger partial charge in [0.1, 0.15) is 0 Å². The molecule has 0 bridgehead atoms. The van der Waals surface area contributed by atoms with E-state index in [-0.39, 0.29) is 0 Å². The maximum atomic E-state index is 4.30. The molecule has 0 spiro atoms. The number of nitrogens with zero attached hydrogens (tertiary/aromatic N) is 2. The topological polar surface area (TPSA) is 39.7 Å². The van der Waals surface area contributed by atoms with E-state index < -0.39 is 0 Å². The highest BCUT2D eigenvalue weighted by Gasteiger charge is 2.07. The fourth-order valence-electron chi connectivity index (χ4n) is 2.74. The molecule has 4 heteroatoms. The summed E-state index contributed by atoms with van der Waals surface area (Å²) in [6.07, 6.45) is 6.83. The molecule has 4 nitrogen and oxygen atoms in total. The summed E-state index contributed by atoms with van der Waals surface area (Å²) < 4.78 is 0. The Morgan fingerprint density at radius 3 is 2.30 bits per heavy atom. The number of anilines is 1. The van der Waals surface area contributed by atoms with Crippen LogP contribution in [0.25, 0.3) is 0 Å². The summed E-state index contributed by atoms with van der Waals surface area (Å²) in [6, 6.07) is 8.78. The number of rotatable bonds is 7. The maximum Gasteiger partial charge on any atom is 0.191 e. The smallest absolute Gasteiger partial charge is 0.191 e. The van der Waals surface area contributed by atoms with E-state index in [9.17, 15) is 0 Å². The minimum Gasteiger partial charge on any atom is -0.364 e. The van der Waals surface area contributed by atoms with Crippen LogP contribution in [-0.4, -0.2) is 32.6 Å². The normalized spacial score (nSPS) is 14.6. The van der Waals surface area contributed by atoms with Gasteiger partial charge in [-0.1, -0.05) is 51.0 Å². The molecule has 0 saturated carbocycles. The molecule has 0 aromatic heterocycles. The number of hydrogen-bond donors (Lipinski definition) is 2. The van der Waals surface area contributed by atoms with Crippen LogP contribution in [0.15, 0.2) is 41.4 Å². The Morgan fingerprint density at radius 1 is 1.09 bits per heavy atom. The first-order valence-corrected chi connectivity index (χ1v) is 8.70. The third-order valence-corrected chi connectivity index (χ3v) is 4.52. The fraction of sp³-hybridized carbons (Fsp3) is 0.526. The molecular weight excluding hydrogens is 284 g/mol. The van der Waals surface area contributed by atoms with Crippen molar-refractivity contribution < 1.29 is 0 Å². The standard InChI is InChI=1S/C19H30N4/c1-4-16(5-2)14-21-19(20-3)22-15-17-8-10-18(11-9-17)23-12-6-7-13-23/h6-11,16H,4-5,12-15H2,1-3H3,(H2,20,21,22). The number of guanidine groups is 1. The van der Waals surface area contributed by atoms with Crippen molar-refractivity contribution in [2.45, 2.75) is 33.2 Å². The van der Waals surface area contributed by atoms with E-state index in [1.807, 2.05) is 7.05 Å². The van der Waals surface area contributed by atoms with Gasteiger partial charge >= 0.3 is 0 Å². The van der Waals surface area contributed by atoms with Gasteiger partial charge in [-0.25, -0.2) is 0 Å². The maximum absolute atomic E-state index is 4.30. The summed E-state index contributed by atoms with van der Waals surface area (Å²) in [7, 11) is 1.83. The number of benzene rings is 1. The van der Waals surface area contributed by atoms with Crippen LogP contribution in [0.5, 0.6) is 0 Å². The lowest BCUT2D eigenvalue weighted by atomic mass is 10.0. The molecule has 1 aliphatic heterocycles. The van der Waals surface area contributed by atoms with Crippen molar-refractivity contribution in [3.05, 3.63) is 42.0 Å². The molecule has 2 N–H and O–H groups in total. The predicted molar refractivity (Wildman–Crippen MR) is 100 cm³/mol. The van der Waals surface area contributed by atoms with Crippen LogP contribution in [0.3, 0.4) is 0 Å². The third kappa shape index (κ3) is 5.31. The summed E-state index contributed by atoms with van der Waals surface area (Å²) in [4.78, 5) is 6.66. The Hall–Kier alpha value is -1.97. The highest BCUT2D eigenvalue weighted by atomic mass is 15.2. The Labute approximate surface area is 140 Å². The van der Waals surface area contributed by atoms with Gasteiger partial charge < -0.3 is 15.5 Å². The SMILES string of the molecule is CCC(CC)CNC(=NC)NCc1ccc(N2CC=CC2)cc1. The molecule has 0 unspecified atom stereocenters. The largest absolute Gasteiger partial charge is 0.364 e. The van der Waals surface area contributed by atoms with Crippen LogP contribution in [-0.2, 0) is 6.54 Å². The van der Waals surface area contributed by atoms with E-state index in [1.54, 1.807) is 0 Å². The van der Waals surface area contributed by atoms with Crippen molar-refractivity contribution in [1.29, 1.82) is 0 Å². The monoisotopic (exact) mass is 314 g/mol. The molecule has 0 amide bonds. The molecule has 0 aliphatic carbocycles. The van der Waals surface area contributed by atoms with Crippen LogP contribution in [0, 0.1) is 5.92 Å². The van der Waals surface area contributed by atoms with Gasteiger partial charge in [0, 0.05) is 38.9 Å². The Balaban J connectivity index is 1.79. The second kappa shape index (κ2) is 9.23. The zero-order valence-corrected chi connectivity index (χ0v) is 14.7. The van der Waals surface area contributed by atoms with Crippen molar-refractivity contribution in [3.63, 3.8) is 0 Å². The van der Waals surface area contributed by atoms with Crippen molar-refractivity contribution >= 4 is 11.6 Å². The highest BCUT2D eigenvalue weighted by molar-refractivity contribution is 5.79. The van der Waals surface area contributed by atoms with Gasteiger partial charge in [-0.15, -0.1) is 0 Å². The molecule has 0 atom stereocenters. The fourth-order valence-corrected chi connectivity index (χ4v) is 2.74. The quantitative estimate of drug-likeness (QED) is 0.461. The average Bonchev–Trinajstić information content (AvgIpc) is 3.13. The summed E-state index contributed by atoms with van der Waals surface area (Å²) >= 11 is 0. The number of nitrogens with one attached hydrogen (secondary N) is 2. The molecule has 2 rings (SSSR count). The Bertz CT molecular complexity index is 507. The van der Waals surface area contributed by atoms with E-state index >= 15 is 0 Å². The first-order valence-electron chi connectivity index (χ1n) is 8.70. The van der Waals surface area contributed by atoms with Crippen LogP contribution in [0.2, 0.25) is 0 Å². The predicted octanol–water partition coefficient (Wildman–Crippen LogP) is 3.16. The lowest BCUT2D eigenvalue weighted by molar-refractivity contribution is 0.481. The first-order chi connectivity index (χ1) is 11.3. The van der Waals surface area contributed by atoms with Gasteiger partial charge in [0.05, 0.1) is 0 Å². The van der Waals surface area contributed by atoms with Gasteiger partial charge in [-0.2, -0.15) is 0 Å². The second-order valence-corrected chi connectivity index (χ2v) is 6.03.